The molecule has 84 valence electrons. The zero-order chi connectivity index (χ0) is 12.0. The Morgan fingerprint density at radius 2 is 1.75 bits per heavy atom. The molecule has 0 aliphatic heterocycles. The maximum Gasteiger partial charge on any atom is 0.0140 e. The zero-order valence-corrected chi connectivity index (χ0v) is 10.4. The second-order valence-corrected chi connectivity index (χ2v) is 4.40. The quantitative estimate of drug-likeness (QED) is 0.637. The van der Waals surface area contributed by atoms with Crippen molar-refractivity contribution in [2.75, 3.05) is 0 Å². The van der Waals surface area contributed by atoms with Crippen LogP contribution in [0.1, 0.15) is 26.3 Å². The predicted octanol–water partition coefficient (Wildman–Crippen LogP) is 4.65. The van der Waals surface area contributed by atoms with Gasteiger partial charge in [-0.05, 0) is 18.1 Å². The molecule has 1 aromatic rings. The van der Waals surface area contributed by atoms with Crippen LogP contribution in [0.15, 0.2) is 66.8 Å². The van der Waals surface area contributed by atoms with E-state index < -0.39 is 0 Å². The van der Waals surface area contributed by atoms with E-state index in [1.807, 2.05) is 31.2 Å². The highest BCUT2D eigenvalue weighted by Gasteiger charge is 2.21. The predicted molar refractivity (Wildman–Crippen MR) is 72.6 cm³/mol. The van der Waals surface area contributed by atoms with Gasteiger partial charge in [0.2, 0.25) is 0 Å². The number of rotatable bonds is 4. The first-order valence-electron chi connectivity index (χ1n) is 5.63. The minimum absolute atomic E-state index is 0.0145. The Labute approximate surface area is 99.0 Å². The van der Waals surface area contributed by atoms with Gasteiger partial charge in [0.25, 0.3) is 0 Å². The van der Waals surface area contributed by atoms with E-state index in [2.05, 4.69) is 50.8 Å². The Hall–Kier alpha value is -1.56. The monoisotopic (exact) mass is 212 g/mol. The Balaban J connectivity index is 2.90. The van der Waals surface area contributed by atoms with Crippen LogP contribution in [0.2, 0.25) is 0 Å². The molecule has 0 amide bonds. The lowest BCUT2D eigenvalue weighted by molar-refractivity contribution is 0.642. The van der Waals surface area contributed by atoms with Crippen molar-refractivity contribution in [3.05, 3.63) is 72.4 Å². The van der Waals surface area contributed by atoms with Gasteiger partial charge in [-0.3, -0.25) is 0 Å². The molecule has 0 heteroatoms. The van der Waals surface area contributed by atoms with Crippen LogP contribution in [0.3, 0.4) is 0 Å². The lowest BCUT2D eigenvalue weighted by atomic mass is 9.78. The average molecular weight is 212 g/mol. The third-order valence-corrected chi connectivity index (χ3v) is 2.90. The molecule has 0 nitrogen and oxygen atoms in total. The molecule has 0 unspecified atom stereocenters. The molecule has 0 saturated heterocycles. The fraction of sp³-hybridized carbons (Fsp3) is 0.250. The van der Waals surface area contributed by atoms with Gasteiger partial charge in [0.1, 0.15) is 0 Å². The SMILES string of the molecule is C=C(/C=C\C=C/C)C(C)(C)c1ccccc1. The molecule has 0 spiro atoms. The zero-order valence-electron chi connectivity index (χ0n) is 10.4. The van der Waals surface area contributed by atoms with E-state index in [4.69, 9.17) is 0 Å². The Bertz CT molecular complexity index is 391. The molecule has 0 atom stereocenters. The summed E-state index contributed by atoms with van der Waals surface area (Å²) in [6, 6.07) is 10.5. The molecule has 0 aliphatic rings. The van der Waals surface area contributed by atoms with Gasteiger partial charge in [-0.25, -0.2) is 0 Å². The van der Waals surface area contributed by atoms with Gasteiger partial charge in [-0.2, -0.15) is 0 Å². The molecule has 0 saturated carbocycles. The maximum absolute atomic E-state index is 4.15. The highest BCUT2D eigenvalue weighted by Crippen LogP contribution is 2.30. The minimum atomic E-state index is -0.0145. The lowest BCUT2D eigenvalue weighted by Gasteiger charge is -2.26. The van der Waals surface area contributed by atoms with Crippen molar-refractivity contribution in [2.45, 2.75) is 26.2 Å². The normalized spacial score (nSPS) is 12.4. The first-order chi connectivity index (χ1) is 7.59. The standard InChI is InChI=1S/C16H20/c1-5-6-8-11-14(2)16(3,4)15-12-9-7-10-13-15/h5-13H,2H2,1,3-4H3/b6-5-,11-8-. The van der Waals surface area contributed by atoms with Gasteiger partial charge in [-0.15, -0.1) is 0 Å². The first kappa shape index (κ1) is 12.5. The van der Waals surface area contributed by atoms with Crippen LogP contribution in [0, 0.1) is 0 Å². The van der Waals surface area contributed by atoms with Gasteiger partial charge in [0.05, 0.1) is 0 Å². The van der Waals surface area contributed by atoms with Crippen molar-refractivity contribution in [3.63, 3.8) is 0 Å². The van der Waals surface area contributed by atoms with Gasteiger partial charge < -0.3 is 0 Å². The molecular formula is C16H20. The second-order valence-electron chi connectivity index (χ2n) is 4.40. The number of allylic oxidation sites excluding steroid dienone is 5. The molecule has 1 aromatic carbocycles. The van der Waals surface area contributed by atoms with Crippen molar-refractivity contribution < 1.29 is 0 Å². The van der Waals surface area contributed by atoms with Gasteiger partial charge in [0, 0.05) is 5.41 Å². The Morgan fingerprint density at radius 1 is 1.12 bits per heavy atom. The molecule has 0 aliphatic carbocycles. The van der Waals surface area contributed by atoms with E-state index in [9.17, 15) is 0 Å². The summed E-state index contributed by atoms with van der Waals surface area (Å²) in [6.45, 7) is 10.6. The van der Waals surface area contributed by atoms with Crippen LogP contribution in [0.5, 0.6) is 0 Å². The maximum atomic E-state index is 4.15. The van der Waals surface area contributed by atoms with Crippen molar-refractivity contribution in [3.8, 4) is 0 Å². The topological polar surface area (TPSA) is 0 Å². The van der Waals surface area contributed by atoms with Crippen molar-refractivity contribution >= 4 is 0 Å². The molecule has 0 N–H and O–H groups in total. The van der Waals surface area contributed by atoms with Crippen molar-refractivity contribution in [1.29, 1.82) is 0 Å². The summed E-state index contributed by atoms with van der Waals surface area (Å²) >= 11 is 0. The summed E-state index contributed by atoms with van der Waals surface area (Å²) in [5.74, 6) is 0. The average Bonchev–Trinajstić information content (AvgIpc) is 2.30. The highest BCUT2D eigenvalue weighted by atomic mass is 14.2. The highest BCUT2D eigenvalue weighted by molar-refractivity contribution is 5.38. The second kappa shape index (κ2) is 5.50. The van der Waals surface area contributed by atoms with Crippen LogP contribution in [0.4, 0.5) is 0 Å². The largest absolute Gasteiger partial charge is 0.0949 e. The smallest absolute Gasteiger partial charge is 0.0140 e. The summed E-state index contributed by atoms with van der Waals surface area (Å²) < 4.78 is 0. The van der Waals surface area contributed by atoms with E-state index in [1.54, 1.807) is 0 Å². The summed E-state index contributed by atoms with van der Waals surface area (Å²) in [6.07, 6.45) is 8.14. The molecule has 1 rings (SSSR count). The Morgan fingerprint density at radius 3 is 2.31 bits per heavy atom. The van der Waals surface area contributed by atoms with Crippen molar-refractivity contribution in [1.82, 2.24) is 0 Å². The fourth-order valence-electron chi connectivity index (χ4n) is 1.53. The fourth-order valence-corrected chi connectivity index (χ4v) is 1.53. The first-order valence-corrected chi connectivity index (χ1v) is 5.63. The number of hydrogen-bond donors (Lipinski definition) is 0. The molecule has 0 aromatic heterocycles. The van der Waals surface area contributed by atoms with Crippen LogP contribution in [-0.4, -0.2) is 0 Å². The third-order valence-electron chi connectivity index (χ3n) is 2.90. The number of benzene rings is 1. The molecule has 0 fully saturated rings. The van der Waals surface area contributed by atoms with E-state index >= 15 is 0 Å². The van der Waals surface area contributed by atoms with Crippen LogP contribution in [0.25, 0.3) is 0 Å². The van der Waals surface area contributed by atoms with E-state index in [0.717, 1.165) is 5.57 Å². The van der Waals surface area contributed by atoms with Crippen LogP contribution in [-0.2, 0) is 5.41 Å². The molecule has 0 radical (unpaired) electrons. The number of hydrogen-bond acceptors (Lipinski definition) is 0. The summed E-state index contributed by atoms with van der Waals surface area (Å²) in [5.41, 5.74) is 2.40. The van der Waals surface area contributed by atoms with Crippen LogP contribution < -0.4 is 0 Å². The Kier molecular flexibility index (Phi) is 4.30. The lowest BCUT2D eigenvalue weighted by Crippen LogP contribution is -2.18. The van der Waals surface area contributed by atoms with E-state index in [-0.39, 0.29) is 5.41 Å². The van der Waals surface area contributed by atoms with E-state index in [1.165, 1.54) is 5.56 Å². The minimum Gasteiger partial charge on any atom is -0.0949 e. The third kappa shape index (κ3) is 2.96. The van der Waals surface area contributed by atoms with Gasteiger partial charge in [0.15, 0.2) is 0 Å². The van der Waals surface area contributed by atoms with Gasteiger partial charge >= 0.3 is 0 Å². The van der Waals surface area contributed by atoms with E-state index in [0.29, 0.717) is 0 Å². The summed E-state index contributed by atoms with van der Waals surface area (Å²) in [4.78, 5) is 0. The molecule has 0 bridgehead atoms. The van der Waals surface area contributed by atoms with Crippen molar-refractivity contribution in [2.24, 2.45) is 0 Å². The van der Waals surface area contributed by atoms with Crippen LogP contribution >= 0.6 is 0 Å². The molecular weight excluding hydrogens is 192 g/mol. The summed E-state index contributed by atoms with van der Waals surface area (Å²) in [5, 5.41) is 0. The molecule has 16 heavy (non-hydrogen) atoms. The summed E-state index contributed by atoms with van der Waals surface area (Å²) in [7, 11) is 0. The van der Waals surface area contributed by atoms with Gasteiger partial charge in [-0.1, -0.05) is 75.1 Å². The molecule has 0 heterocycles.